The van der Waals surface area contributed by atoms with Crippen LogP contribution >= 0.6 is 15.9 Å². The highest BCUT2D eigenvalue weighted by Gasteiger charge is 2.25. The molecule has 1 atom stereocenters. The molecule has 2 N–H and O–H groups in total. The molecular weight excluding hydrogens is 472 g/mol. The van der Waals surface area contributed by atoms with Gasteiger partial charge < -0.3 is 15.4 Å². The molecule has 2 amide bonds. The number of benzene rings is 3. The molecule has 0 saturated heterocycles. The van der Waals surface area contributed by atoms with Crippen molar-refractivity contribution in [2.45, 2.75) is 20.0 Å². The van der Waals surface area contributed by atoms with E-state index < -0.39 is 23.9 Å². The summed E-state index contributed by atoms with van der Waals surface area (Å²) in [5.74, 6) is -1.61. The van der Waals surface area contributed by atoms with Gasteiger partial charge in [0.2, 0.25) is 6.10 Å². The molecule has 0 spiro atoms. The molecule has 32 heavy (non-hydrogen) atoms. The number of hydrogen-bond acceptors (Lipinski definition) is 4. The van der Waals surface area contributed by atoms with Gasteiger partial charge in [-0.05, 0) is 55.3 Å². The number of ether oxygens (including phenoxy) is 1. The van der Waals surface area contributed by atoms with Crippen LogP contribution in [-0.4, -0.2) is 24.3 Å². The van der Waals surface area contributed by atoms with E-state index >= 15 is 0 Å². The topological polar surface area (TPSA) is 84.5 Å². The maximum Gasteiger partial charge on any atom is 0.326 e. The summed E-state index contributed by atoms with van der Waals surface area (Å²) in [5.41, 5.74) is 3.48. The monoisotopic (exact) mass is 494 g/mol. The Hall–Kier alpha value is -3.45. The predicted molar refractivity (Wildman–Crippen MR) is 126 cm³/mol. The van der Waals surface area contributed by atoms with Crippen molar-refractivity contribution in [1.29, 1.82) is 0 Å². The molecule has 0 aliphatic rings. The van der Waals surface area contributed by atoms with Gasteiger partial charge >= 0.3 is 5.97 Å². The first kappa shape index (κ1) is 23.2. The van der Waals surface area contributed by atoms with Crippen molar-refractivity contribution < 1.29 is 19.1 Å². The highest BCUT2D eigenvalue weighted by Crippen LogP contribution is 2.22. The lowest BCUT2D eigenvalue weighted by molar-refractivity contribution is -0.153. The van der Waals surface area contributed by atoms with Crippen LogP contribution in [0, 0.1) is 13.8 Å². The fourth-order valence-electron chi connectivity index (χ4n) is 3.00. The van der Waals surface area contributed by atoms with Crippen LogP contribution in [0.1, 0.15) is 33.2 Å². The van der Waals surface area contributed by atoms with Crippen LogP contribution in [0.4, 0.5) is 5.69 Å². The third-order valence-electron chi connectivity index (χ3n) is 4.74. The molecule has 0 heterocycles. The average Bonchev–Trinajstić information content (AvgIpc) is 2.79. The largest absolute Gasteiger partial charge is 0.446 e. The molecule has 0 unspecified atom stereocenters. The van der Waals surface area contributed by atoms with E-state index in [1.165, 1.54) is 0 Å². The average molecular weight is 495 g/mol. The van der Waals surface area contributed by atoms with Gasteiger partial charge in [-0.3, -0.25) is 14.4 Å². The number of rotatable bonds is 7. The number of hydrogen-bond donors (Lipinski definition) is 2. The van der Waals surface area contributed by atoms with Crippen molar-refractivity contribution in [2.24, 2.45) is 0 Å². The molecular formula is C25H23BrN2O4. The van der Waals surface area contributed by atoms with Gasteiger partial charge in [-0.1, -0.05) is 58.4 Å². The van der Waals surface area contributed by atoms with Crippen molar-refractivity contribution in [3.63, 3.8) is 0 Å². The highest BCUT2D eigenvalue weighted by molar-refractivity contribution is 9.10. The minimum Gasteiger partial charge on any atom is -0.446 e. The highest BCUT2D eigenvalue weighted by atomic mass is 79.9. The molecule has 3 aromatic carbocycles. The van der Waals surface area contributed by atoms with Crippen LogP contribution in [0.2, 0.25) is 0 Å². The predicted octanol–water partition coefficient (Wildman–Crippen LogP) is 4.72. The van der Waals surface area contributed by atoms with Gasteiger partial charge in [-0.15, -0.1) is 0 Å². The van der Waals surface area contributed by atoms with E-state index in [0.717, 1.165) is 15.6 Å². The summed E-state index contributed by atoms with van der Waals surface area (Å²) >= 11 is 3.31. The summed E-state index contributed by atoms with van der Waals surface area (Å²) in [5, 5.41) is 5.36. The molecule has 6 nitrogen and oxygen atoms in total. The van der Waals surface area contributed by atoms with Crippen LogP contribution in [-0.2, 0) is 14.3 Å². The standard InChI is InChI=1S/C25H23BrN2O4/c1-16-8-9-17(2)21(14-16)28-25(31)23(18-6-4-3-5-7-18)32-22(29)15-27-24(30)19-10-12-20(26)13-11-19/h3-14,23H,15H2,1-2H3,(H,27,30)(H,28,31)/t23-/m1/s1. The fraction of sp³-hybridized carbons (Fsp3) is 0.160. The summed E-state index contributed by atoms with van der Waals surface area (Å²) in [6, 6.07) is 21.2. The van der Waals surface area contributed by atoms with Crippen molar-refractivity contribution in [3.05, 3.63) is 99.5 Å². The first-order valence-electron chi connectivity index (χ1n) is 10.00. The second kappa shape index (κ2) is 10.7. The smallest absolute Gasteiger partial charge is 0.326 e. The molecule has 0 aromatic heterocycles. The van der Waals surface area contributed by atoms with Gasteiger partial charge in [0.15, 0.2) is 0 Å². The van der Waals surface area contributed by atoms with E-state index in [4.69, 9.17) is 4.74 Å². The molecule has 3 rings (SSSR count). The molecule has 0 saturated carbocycles. The van der Waals surface area contributed by atoms with E-state index in [0.29, 0.717) is 16.8 Å². The summed E-state index contributed by atoms with van der Waals surface area (Å²) in [7, 11) is 0. The number of anilines is 1. The number of halogens is 1. The van der Waals surface area contributed by atoms with Crippen LogP contribution < -0.4 is 10.6 Å². The van der Waals surface area contributed by atoms with Gasteiger partial charge in [-0.2, -0.15) is 0 Å². The zero-order valence-electron chi connectivity index (χ0n) is 17.7. The minimum atomic E-state index is -1.16. The van der Waals surface area contributed by atoms with E-state index in [-0.39, 0.29) is 6.54 Å². The molecule has 0 fully saturated rings. The van der Waals surface area contributed by atoms with Crippen molar-refractivity contribution in [2.75, 3.05) is 11.9 Å². The summed E-state index contributed by atoms with van der Waals surface area (Å²) in [6.07, 6.45) is -1.16. The molecule has 0 radical (unpaired) electrons. The number of carbonyl (C=O) groups is 3. The lowest BCUT2D eigenvalue weighted by Gasteiger charge is -2.19. The van der Waals surface area contributed by atoms with Gasteiger partial charge in [0, 0.05) is 21.3 Å². The molecule has 3 aromatic rings. The Morgan fingerprint density at radius 2 is 1.62 bits per heavy atom. The second-order valence-corrected chi connectivity index (χ2v) is 8.19. The van der Waals surface area contributed by atoms with Crippen LogP contribution in [0.3, 0.4) is 0 Å². The van der Waals surface area contributed by atoms with Gasteiger partial charge in [0.25, 0.3) is 11.8 Å². The summed E-state index contributed by atoms with van der Waals surface area (Å²) < 4.78 is 6.31. The number of esters is 1. The Morgan fingerprint density at radius 3 is 2.31 bits per heavy atom. The lowest BCUT2D eigenvalue weighted by Crippen LogP contribution is -2.33. The lowest BCUT2D eigenvalue weighted by atomic mass is 10.1. The summed E-state index contributed by atoms with van der Waals surface area (Å²) in [4.78, 5) is 37.7. The Bertz CT molecular complexity index is 1110. The quantitative estimate of drug-likeness (QED) is 0.465. The van der Waals surface area contributed by atoms with Crippen LogP contribution in [0.5, 0.6) is 0 Å². The van der Waals surface area contributed by atoms with E-state index in [1.807, 2.05) is 38.1 Å². The first-order chi connectivity index (χ1) is 15.3. The van der Waals surface area contributed by atoms with Gasteiger partial charge in [0.05, 0.1) is 0 Å². The Labute approximate surface area is 195 Å². The molecule has 0 aliphatic heterocycles. The number of nitrogens with one attached hydrogen (secondary N) is 2. The van der Waals surface area contributed by atoms with Gasteiger partial charge in [0.1, 0.15) is 6.54 Å². The normalized spacial score (nSPS) is 11.3. The van der Waals surface area contributed by atoms with E-state index in [2.05, 4.69) is 26.6 Å². The van der Waals surface area contributed by atoms with Crippen molar-refractivity contribution in [3.8, 4) is 0 Å². The maximum absolute atomic E-state index is 13.0. The number of aryl methyl sites for hydroxylation is 2. The van der Waals surface area contributed by atoms with Gasteiger partial charge in [-0.25, -0.2) is 0 Å². The Balaban J connectivity index is 1.69. The van der Waals surface area contributed by atoms with Crippen LogP contribution in [0.25, 0.3) is 0 Å². The number of carbonyl (C=O) groups excluding carboxylic acids is 3. The maximum atomic E-state index is 13.0. The van der Waals surface area contributed by atoms with Crippen molar-refractivity contribution in [1.82, 2.24) is 5.32 Å². The Kier molecular flexibility index (Phi) is 7.78. The Morgan fingerprint density at radius 1 is 0.938 bits per heavy atom. The van der Waals surface area contributed by atoms with E-state index in [1.54, 1.807) is 48.5 Å². The summed E-state index contributed by atoms with van der Waals surface area (Å²) in [6.45, 7) is 3.45. The molecule has 164 valence electrons. The van der Waals surface area contributed by atoms with Crippen LogP contribution in [0.15, 0.2) is 77.3 Å². The first-order valence-corrected chi connectivity index (χ1v) is 10.8. The molecule has 0 aliphatic carbocycles. The SMILES string of the molecule is Cc1ccc(C)c(NC(=O)[C@H](OC(=O)CNC(=O)c2ccc(Br)cc2)c2ccccc2)c1. The fourth-order valence-corrected chi connectivity index (χ4v) is 3.26. The third kappa shape index (κ3) is 6.28. The third-order valence-corrected chi connectivity index (χ3v) is 5.27. The zero-order valence-corrected chi connectivity index (χ0v) is 19.3. The second-order valence-electron chi connectivity index (χ2n) is 7.28. The molecule has 0 bridgehead atoms. The zero-order chi connectivity index (χ0) is 23.1. The molecule has 7 heteroatoms. The minimum absolute atomic E-state index is 0.366. The van der Waals surface area contributed by atoms with E-state index in [9.17, 15) is 14.4 Å². The van der Waals surface area contributed by atoms with Crippen molar-refractivity contribution >= 4 is 39.4 Å². The number of amides is 2.